The van der Waals surface area contributed by atoms with Crippen molar-refractivity contribution in [3.05, 3.63) is 42.5 Å². The Labute approximate surface area is 153 Å². The second kappa shape index (κ2) is 8.03. The van der Waals surface area contributed by atoms with Gasteiger partial charge in [-0.05, 0) is 37.8 Å². The number of carbonyl (C=O) groups is 2. The third-order valence-electron chi connectivity index (χ3n) is 4.82. The minimum Gasteiger partial charge on any atom is -0.455 e. The zero-order chi connectivity index (χ0) is 18.6. The molecular formula is C19H23NO5S. The van der Waals surface area contributed by atoms with Crippen LogP contribution in [0.5, 0.6) is 0 Å². The van der Waals surface area contributed by atoms with E-state index in [1.807, 2.05) is 18.2 Å². The fourth-order valence-corrected chi connectivity index (χ4v) is 5.15. The van der Waals surface area contributed by atoms with E-state index in [0.717, 1.165) is 12.8 Å². The van der Waals surface area contributed by atoms with Gasteiger partial charge in [0.1, 0.15) is 0 Å². The first-order valence-corrected chi connectivity index (χ1v) is 10.7. The van der Waals surface area contributed by atoms with Crippen LogP contribution < -0.4 is 4.90 Å². The molecule has 26 heavy (non-hydrogen) atoms. The molecule has 1 aliphatic carbocycles. The molecule has 3 rings (SSSR count). The average Bonchev–Trinajstić information content (AvgIpc) is 3.01. The van der Waals surface area contributed by atoms with Gasteiger partial charge in [0, 0.05) is 5.69 Å². The molecule has 1 aromatic rings. The van der Waals surface area contributed by atoms with Gasteiger partial charge in [0.25, 0.3) is 5.91 Å². The summed E-state index contributed by atoms with van der Waals surface area (Å²) in [6.45, 7) is -0.371. The highest BCUT2D eigenvalue weighted by molar-refractivity contribution is 7.91. The highest BCUT2D eigenvalue weighted by atomic mass is 32.2. The van der Waals surface area contributed by atoms with Crippen molar-refractivity contribution < 1.29 is 22.7 Å². The predicted octanol–water partition coefficient (Wildman–Crippen LogP) is 2.11. The van der Waals surface area contributed by atoms with Gasteiger partial charge in [0.2, 0.25) is 0 Å². The summed E-state index contributed by atoms with van der Waals surface area (Å²) in [6.07, 6.45) is 6.58. The normalized spacial score (nSPS) is 24.2. The number of rotatable bonds is 5. The van der Waals surface area contributed by atoms with Crippen LogP contribution in [0.25, 0.3) is 0 Å². The second-order valence-electron chi connectivity index (χ2n) is 6.75. The van der Waals surface area contributed by atoms with E-state index in [9.17, 15) is 18.0 Å². The van der Waals surface area contributed by atoms with Crippen LogP contribution in [0.15, 0.2) is 42.5 Å². The standard InChI is InChI=1S/C19H23NO5S/c21-18(13-25-19(22)15-7-3-1-4-8-15)20(16-9-5-2-6-10-16)17-11-12-26(23,24)14-17/h1-3,5-6,9-10,15,17H,4,7-8,11-14H2/t15-,17+/m1/s1. The maximum atomic E-state index is 12.8. The number of amides is 1. The highest BCUT2D eigenvalue weighted by Crippen LogP contribution is 2.25. The second-order valence-corrected chi connectivity index (χ2v) is 8.97. The lowest BCUT2D eigenvalue weighted by molar-refractivity contribution is -0.152. The van der Waals surface area contributed by atoms with E-state index in [2.05, 4.69) is 0 Å². The van der Waals surface area contributed by atoms with Crippen molar-refractivity contribution in [2.24, 2.45) is 5.92 Å². The zero-order valence-electron chi connectivity index (χ0n) is 14.5. The topological polar surface area (TPSA) is 80.8 Å². The molecule has 1 amide bonds. The first-order valence-electron chi connectivity index (χ1n) is 8.85. The smallest absolute Gasteiger partial charge is 0.309 e. The number of allylic oxidation sites excluding steroid dienone is 2. The first-order chi connectivity index (χ1) is 12.5. The summed E-state index contributed by atoms with van der Waals surface area (Å²) >= 11 is 0. The van der Waals surface area contributed by atoms with Crippen molar-refractivity contribution >= 4 is 27.4 Å². The summed E-state index contributed by atoms with van der Waals surface area (Å²) in [5.41, 5.74) is 0.622. The van der Waals surface area contributed by atoms with Gasteiger partial charge < -0.3 is 9.64 Å². The molecule has 140 valence electrons. The van der Waals surface area contributed by atoms with E-state index < -0.39 is 21.8 Å². The number of ether oxygens (including phenoxy) is 1. The predicted molar refractivity (Wildman–Crippen MR) is 98.4 cm³/mol. The van der Waals surface area contributed by atoms with Crippen molar-refractivity contribution in [1.82, 2.24) is 0 Å². The molecule has 1 aliphatic heterocycles. The van der Waals surface area contributed by atoms with Crippen LogP contribution in [0, 0.1) is 5.92 Å². The molecule has 0 spiro atoms. The monoisotopic (exact) mass is 377 g/mol. The molecule has 0 saturated carbocycles. The summed E-state index contributed by atoms with van der Waals surface area (Å²) in [4.78, 5) is 26.4. The van der Waals surface area contributed by atoms with Gasteiger partial charge in [-0.15, -0.1) is 0 Å². The summed E-state index contributed by atoms with van der Waals surface area (Å²) in [7, 11) is -3.14. The third kappa shape index (κ3) is 4.52. The Balaban J connectivity index is 1.69. The van der Waals surface area contributed by atoms with E-state index in [-0.39, 0.29) is 30.0 Å². The van der Waals surface area contributed by atoms with Gasteiger partial charge in [0.15, 0.2) is 16.4 Å². The van der Waals surface area contributed by atoms with Crippen LogP contribution in [-0.2, 0) is 24.2 Å². The van der Waals surface area contributed by atoms with Gasteiger partial charge in [-0.25, -0.2) is 8.42 Å². The SMILES string of the molecule is O=C(OCC(=O)N(c1ccccc1)[C@H]1CCS(=O)(=O)C1)[C@@H]1CC=CCC1. The van der Waals surface area contributed by atoms with Crippen molar-refractivity contribution in [3.8, 4) is 0 Å². The lowest BCUT2D eigenvalue weighted by atomic mass is 9.95. The van der Waals surface area contributed by atoms with Crippen LogP contribution in [0.3, 0.4) is 0 Å². The van der Waals surface area contributed by atoms with Crippen LogP contribution in [0.4, 0.5) is 5.69 Å². The van der Waals surface area contributed by atoms with Crippen molar-refractivity contribution in [2.45, 2.75) is 31.7 Å². The molecule has 0 N–H and O–H groups in total. The molecular weight excluding hydrogens is 354 g/mol. The first kappa shape index (κ1) is 18.6. The summed E-state index contributed by atoms with van der Waals surface area (Å²) < 4.78 is 28.9. The van der Waals surface area contributed by atoms with E-state index in [4.69, 9.17) is 4.74 Å². The Morgan fingerprint density at radius 1 is 1.12 bits per heavy atom. The number of esters is 1. The molecule has 1 aromatic carbocycles. The molecule has 0 radical (unpaired) electrons. The number of hydrogen-bond donors (Lipinski definition) is 0. The van der Waals surface area contributed by atoms with Crippen molar-refractivity contribution in [3.63, 3.8) is 0 Å². The van der Waals surface area contributed by atoms with Crippen molar-refractivity contribution in [1.29, 1.82) is 0 Å². The number of para-hydroxylation sites is 1. The minimum absolute atomic E-state index is 0.0605. The van der Waals surface area contributed by atoms with Crippen molar-refractivity contribution in [2.75, 3.05) is 23.0 Å². The Bertz CT molecular complexity index is 787. The molecule has 6 nitrogen and oxygen atoms in total. The van der Waals surface area contributed by atoms with E-state index in [1.165, 1.54) is 4.90 Å². The molecule has 1 fully saturated rings. The molecule has 2 aliphatic rings. The van der Waals surface area contributed by atoms with Crippen LogP contribution in [0.1, 0.15) is 25.7 Å². The van der Waals surface area contributed by atoms with E-state index in [0.29, 0.717) is 18.5 Å². The lowest BCUT2D eigenvalue weighted by Gasteiger charge is -2.28. The molecule has 0 aromatic heterocycles. The largest absolute Gasteiger partial charge is 0.455 e. The van der Waals surface area contributed by atoms with E-state index in [1.54, 1.807) is 24.3 Å². The van der Waals surface area contributed by atoms with Gasteiger partial charge in [0.05, 0.1) is 23.5 Å². The number of sulfone groups is 1. The molecule has 1 heterocycles. The number of hydrogen-bond acceptors (Lipinski definition) is 5. The Kier molecular flexibility index (Phi) is 5.76. The Morgan fingerprint density at radius 3 is 2.50 bits per heavy atom. The fraction of sp³-hybridized carbons (Fsp3) is 0.474. The molecule has 7 heteroatoms. The summed E-state index contributed by atoms with van der Waals surface area (Å²) in [5.74, 6) is -0.949. The van der Waals surface area contributed by atoms with Gasteiger partial charge in [-0.3, -0.25) is 9.59 Å². The Hall–Kier alpha value is -2.15. The molecule has 2 atom stereocenters. The maximum Gasteiger partial charge on any atom is 0.309 e. The van der Waals surface area contributed by atoms with Gasteiger partial charge in [-0.1, -0.05) is 30.4 Å². The fourth-order valence-electron chi connectivity index (χ4n) is 3.45. The quantitative estimate of drug-likeness (QED) is 0.580. The maximum absolute atomic E-state index is 12.8. The molecule has 0 bridgehead atoms. The lowest BCUT2D eigenvalue weighted by Crippen LogP contribution is -2.43. The summed E-state index contributed by atoms with van der Waals surface area (Å²) in [5, 5.41) is 0. The van der Waals surface area contributed by atoms with Crippen LogP contribution in [-0.4, -0.2) is 44.4 Å². The minimum atomic E-state index is -3.14. The number of nitrogens with zero attached hydrogens (tertiary/aromatic N) is 1. The number of carbonyl (C=O) groups excluding carboxylic acids is 2. The summed E-state index contributed by atoms with van der Waals surface area (Å²) in [6, 6.07) is 8.51. The average molecular weight is 377 g/mol. The van der Waals surface area contributed by atoms with Gasteiger partial charge in [-0.2, -0.15) is 0 Å². The van der Waals surface area contributed by atoms with Gasteiger partial charge >= 0.3 is 5.97 Å². The molecule has 1 saturated heterocycles. The highest BCUT2D eigenvalue weighted by Gasteiger charge is 2.36. The van der Waals surface area contributed by atoms with Crippen LogP contribution >= 0.6 is 0 Å². The zero-order valence-corrected chi connectivity index (χ0v) is 15.4. The third-order valence-corrected chi connectivity index (χ3v) is 6.57. The van der Waals surface area contributed by atoms with E-state index >= 15 is 0 Å². The molecule has 0 unspecified atom stereocenters. The Morgan fingerprint density at radius 2 is 1.88 bits per heavy atom. The van der Waals surface area contributed by atoms with Crippen LogP contribution in [0.2, 0.25) is 0 Å². The number of anilines is 1. The number of benzene rings is 1.